The highest BCUT2D eigenvalue weighted by molar-refractivity contribution is 5.42. The van der Waals surface area contributed by atoms with Crippen molar-refractivity contribution >= 4 is 0 Å². The van der Waals surface area contributed by atoms with Crippen molar-refractivity contribution in [3.05, 3.63) is 23.8 Å². The molecule has 0 radical (unpaired) electrons. The molecule has 0 fully saturated rings. The Balaban J connectivity index is 2.74. The first-order chi connectivity index (χ1) is 8.10. The third-order valence-electron chi connectivity index (χ3n) is 2.60. The number of aliphatic hydroxyl groups excluding tert-OH is 2. The number of hydrogen-bond acceptors (Lipinski definition) is 5. The van der Waals surface area contributed by atoms with E-state index in [1.54, 1.807) is 19.2 Å². The lowest BCUT2D eigenvalue weighted by molar-refractivity contribution is 0.0139. The van der Waals surface area contributed by atoms with Gasteiger partial charge in [-0.25, -0.2) is 0 Å². The van der Waals surface area contributed by atoms with Crippen LogP contribution in [0.25, 0.3) is 0 Å². The zero-order valence-electron chi connectivity index (χ0n) is 10.1. The number of nitrogens with one attached hydrogen (secondary N) is 1. The molecule has 0 saturated carbocycles. The van der Waals surface area contributed by atoms with Crippen LogP contribution >= 0.6 is 0 Å². The highest BCUT2D eigenvalue weighted by Gasteiger charge is 2.19. The molecular formula is C12H19NO4. The van der Waals surface area contributed by atoms with Gasteiger partial charge in [0.1, 0.15) is 6.10 Å². The number of ether oxygens (including phenoxy) is 1. The second-order valence-electron chi connectivity index (χ2n) is 3.84. The van der Waals surface area contributed by atoms with Gasteiger partial charge >= 0.3 is 0 Å². The van der Waals surface area contributed by atoms with E-state index in [4.69, 9.17) is 4.74 Å². The van der Waals surface area contributed by atoms with Gasteiger partial charge in [0, 0.05) is 0 Å². The molecule has 0 bridgehead atoms. The van der Waals surface area contributed by atoms with E-state index >= 15 is 0 Å². The molecule has 0 heterocycles. The van der Waals surface area contributed by atoms with E-state index in [1.165, 1.54) is 13.2 Å². The van der Waals surface area contributed by atoms with Gasteiger partial charge in [0.25, 0.3) is 0 Å². The third-order valence-corrected chi connectivity index (χ3v) is 2.60. The number of hydrogen-bond donors (Lipinski definition) is 4. The maximum absolute atomic E-state index is 9.87. The summed E-state index contributed by atoms with van der Waals surface area (Å²) in [5.41, 5.74) is 0.465. The Kier molecular flexibility index (Phi) is 5.21. The molecule has 5 nitrogen and oxygen atoms in total. The number of benzene rings is 1. The molecule has 0 spiro atoms. The molecule has 17 heavy (non-hydrogen) atoms. The molecule has 2 atom stereocenters. The number of aromatic hydroxyl groups is 1. The maximum atomic E-state index is 9.87. The summed E-state index contributed by atoms with van der Waals surface area (Å²) in [5.74, 6) is 0.288. The van der Waals surface area contributed by atoms with E-state index in [2.05, 4.69) is 5.32 Å². The quantitative estimate of drug-likeness (QED) is 0.580. The highest BCUT2D eigenvalue weighted by Crippen LogP contribution is 2.30. The molecular weight excluding hydrogens is 222 g/mol. The fourth-order valence-corrected chi connectivity index (χ4v) is 1.56. The predicted octanol–water partition coefficient (Wildman–Crippen LogP) is 0.405. The molecule has 5 heteroatoms. The molecule has 1 rings (SSSR count). The summed E-state index contributed by atoms with van der Waals surface area (Å²) in [6.45, 7) is 0.611. The van der Waals surface area contributed by atoms with Crippen LogP contribution in [0, 0.1) is 0 Å². The van der Waals surface area contributed by atoms with Crippen molar-refractivity contribution in [1.29, 1.82) is 0 Å². The molecule has 4 N–H and O–H groups in total. The minimum atomic E-state index is -1.01. The molecule has 0 aliphatic carbocycles. The largest absolute Gasteiger partial charge is 0.504 e. The van der Waals surface area contributed by atoms with Crippen LogP contribution in [-0.2, 0) is 0 Å². The number of phenolic OH excluding ortho intramolecular Hbond substituents is 1. The predicted molar refractivity (Wildman–Crippen MR) is 64.2 cm³/mol. The van der Waals surface area contributed by atoms with Gasteiger partial charge in [0.2, 0.25) is 0 Å². The van der Waals surface area contributed by atoms with Gasteiger partial charge in [-0.15, -0.1) is 0 Å². The number of rotatable bonds is 6. The van der Waals surface area contributed by atoms with Gasteiger partial charge in [-0.1, -0.05) is 6.07 Å². The Bertz CT molecular complexity index is 356. The average molecular weight is 241 g/mol. The van der Waals surface area contributed by atoms with E-state index in [9.17, 15) is 15.3 Å². The number of methoxy groups -OCH3 is 1. The second-order valence-corrected chi connectivity index (χ2v) is 3.84. The number of phenols is 1. The van der Waals surface area contributed by atoms with Gasteiger partial charge in [-0.05, 0) is 37.7 Å². The lowest BCUT2D eigenvalue weighted by Gasteiger charge is -2.18. The first kappa shape index (κ1) is 13.8. The average Bonchev–Trinajstić information content (AvgIpc) is 2.34. The summed E-state index contributed by atoms with van der Waals surface area (Å²) < 4.78 is 4.90. The minimum absolute atomic E-state index is 0.0510. The van der Waals surface area contributed by atoms with Crippen LogP contribution in [-0.4, -0.2) is 42.1 Å². The Hall–Kier alpha value is -1.30. The van der Waals surface area contributed by atoms with Crippen LogP contribution < -0.4 is 10.1 Å². The van der Waals surface area contributed by atoms with Crippen LogP contribution in [0.5, 0.6) is 11.5 Å². The van der Waals surface area contributed by atoms with E-state index in [0.29, 0.717) is 24.3 Å². The van der Waals surface area contributed by atoms with Crippen molar-refractivity contribution in [3.63, 3.8) is 0 Å². The molecule has 1 aromatic carbocycles. The van der Waals surface area contributed by atoms with E-state index in [0.717, 1.165) is 0 Å². The van der Waals surface area contributed by atoms with Crippen molar-refractivity contribution in [2.24, 2.45) is 0 Å². The minimum Gasteiger partial charge on any atom is -0.504 e. The van der Waals surface area contributed by atoms with Gasteiger partial charge in [0.05, 0.1) is 13.2 Å². The van der Waals surface area contributed by atoms with Gasteiger partial charge < -0.3 is 25.4 Å². The smallest absolute Gasteiger partial charge is 0.160 e. The highest BCUT2D eigenvalue weighted by atomic mass is 16.5. The molecule has 0 aromatic heterocycles. The van der Waals surface area contributed by atoms with Crippen molar-refractivity contribution in [2.75, 3.05) is 20.7 Å². The van der Waals surface area contributed by atoms with Crippen LogP contribution in [0.1, 0.15) is 18.1 Å². The van der Waals surface area contributed by atoms with E-state index < -0.39 is 12.2 Å². The van der Waals surface area contributed by atoms with E-state index in [-0.39, 0.29) is 5.75 Å². The first-order valence-corrected chi connectivity index (χ1v) is 5.47. The summed E-state index contributed by atoms with van der Waals surface area (Å²) in [7, 11) is 3.23. The van der Waals surface area contributed by atoms with Crippen molar-refractivity contribution in [1.82, 2.24) is 5.32 Å². The van der Waals surface area contributed by atoms with Gasteiger partial charge in [0.15, 0.2) is 11.5 Å². The summed E-state index contributed by atoms with van der Waals surface area (Å²) in [6, 6.07) is 4.57. The molecule has 0 amide bonds. The number of aliphatic hydroxyl groups is 2. The van der Waals surface area contributed by atoms with Crippen LogP contribution in [0.4, 0.5) is 0 Å². The van der Waals surface area contributed by atoms with Crippen LogP contribution in [0.3, 0.4) is 0 Å². The summed E-state index contributed by atoms with van der Waals surface area (Å²) in [5, 5.41) is 32.1. The summed E-state index contributed by atoms with van der Waals surface area (Å²) >= 11 is 0. The van der Waals surface area contributed by atoms with Crippen molar-refractivity contribution in [2.45, 2.75) is 18.6 Å². The van der Waals surface area contributed by atoms with Crippen molar-refractivity contribution in [3.8, 4) is 11.5 Å². The summed E-state index contributed by atoms with van der Waals surface area (Å²) in [4.78, 5) is 0. The molecule has 2 unspecified atom stereocenters. The SMILES string of the molecule is CNCCC(O)C(O)c1ccc(OC)c(O)c1. The van der Waals surface area contributed by atoms with E-state index in [1.807, 2.05) is 0 Å². The fraction of sp³-hybridized carbons (Fsp3) is 0.500. The topological polar surface area (TPSA) is 82.0 Å². The summed E-state index contributed by atoms with van der Waals surface area (Å²) in [6.07, 6.45) is -1.44. The molecule has 0 aliphatic heterocycles. The lowest BCUT2D eigenvalue weighted by Crippen LogP contribution is -2.23. The third kappa shape index (κ3) is 3.59. The normalized spacial score (nSPS) is 14.4. The van der Waals surface area contributed by atoms with Gasteiger partial charge in [-0.3, -0.25) is 0 Å². The molecule has 0 aliphatic rings. The fourth-order valence-electron chi connectivity index (χ4n) is 1.56. The second kappa shape index (κ2) is 6.44. The van der Waals surface area contributed by atoms with Crippen LogP contribution in [0.15, 0.2) is 18.2 Å². The first-order valence-electron chi connectivity index (χ1n) is 5.47. The maximum Gasteiger partial charge on any atom is 0.160 e. The Morgan fingerprint density at radius 1 is 1.35 bits per heavy atom. The van der Waals surface area contributed by atoms with Crippen molar-refractivity contribution < 1.29 is 20.1 Å². The Morgan fingerprint density at radius 3 is 2.59 bits per heavy atom. The lowest BCUT2D eigenvalue weighted by atomic mass is 10.0. The Morgan fingerprint density at radius 2 is 2.06 bits per heavy atom. The zero-order valence-corrected chi connectivity index (χ0v) is 10.1. The molecule has 0 saturated heterocycles. The zero-order chi connectivity index (χ0) is 12.8. The van der Waals surface area contributed by atoms with Crippen LogP contribution in [0.2, 0.25) is 0 Å². The molecule has 96 valence electrons. The van der Waals surface area contributed by atoms with Gasteiger partial charge in [-0.2, -0.15) is 0 Å². The standard InChI is InChI=1S/C12H19NO4/c1-13-6-5-9(14)12(16)8-3-4-11(17-2)10(15)7-8/h3-4,7,9,12-16H,5-6H2,1-2H3. The monoisotopic (exact) mass is 241 g/mol. The Labute approximate surface area is 101 Å². The molecule has 1 aromatic rings.